The molecule has 0 aromatic heterocycles. The van der Waals surface area contributed by atoms with E-state index in [9.17, 15) is 13.2 Å². The van der Waals surface area contributed by atoms with Crippen LogP contribution in [0.15, 0.2) is 18.2 Å². The van der Waals surface area contributed by atoms with Crippen LogP contribution in [-0.4, -0.2) is 36.4 Å². The smallest absolute Gasteiger partial charge is 0.475 e. The van der Waals surface area contributed by atoms with Gasteiger partial charge in [-0.05, 0) is 22.6 Å². The van der Waals surface area contributed by atoms with Crippen molar-refractivity contribution < 1.29 is 27.8 Å². The molecule has 0 saturated carbocycles. The van der Waals surface area contributed by atoms with E-state index in [1.807, 2.05) is 0 Å². The maximum absolute atomic E-state index is 10.6. The minimum Gasteiger partial charge on any atom is -0.475 e. The molecular weight excluding hydrogens is 311 g/mol. The number of carbonyl (C=O) groups is 1. The van der Waals surface area contributed by atoms with Gasteiger partial charge in [0.15, 0.2) is 0 Å². The van der Waals surface area contributed by atoms with Crippen molar-refractivity contribution in [3.8, 4) is 0 Å². The normalized spacial score (nSPS) is 22.9. The molecule has 1 saturated heterocycles. The molecule has 2 heterocycles. The van der Waals surface area contributed by atoms with E-state index in [1.54, 1.807) is 0 Å². The highest BCUT2D eigenvalue weighted by Crippen LogP contribution is 2.36. The largest absolute Gasteiger partial charge is 0.490 e. The molecule has 0 bridgehead atoms. The summed E-state index contributed by atoms with van der Waals surface area (Å²) in [6, 6.07) is 6.73. The molecule has 0 amide bonds. The predicted octanol–water partition coefficient (Wildman–Crippen LogP) is 3.03. The van der Waals surface area contributed by atoms with Crippen molar-refractivity contribution in [2.75, 3.05) is 13.1 Å². The third-order valence-corrected chi connectivity index (χ3v) is 4.11. The summed E-state index contributed by atoms with van der Waals surface area (Å²) in [4.78, 5) is 8.90. The Morgan fingerprint density at radius 1 is 1.35 bits per heavy atom. The molecule has 0 radical (unpaired) electrons. The Labute approximate surface area is 132 Å². The van der Waals surface area contributed by atoms with Gasteiger partial charge in [-0.3, -0.25) is 0 Å². The summed E-state index contributed by atoms with van der Waals surface area (Å²) in [6.07, 6.45) is -4.69. The second kappa shape index (κ2) is 6.88. The predicted molar refractivity (Wildman–Crippen MR) is 78.4 cm³/mol. The number of alkyl halides is 3. The summed E-state index contributed by atoms with van der Waals surface area (Å²) in [5.41, 5.74) is 4.43. The van der Waals surface area contributed by atoms with E-state index in [-0.39, 0.29) is 0 Å². The number of rotatable bonds is 1. The fraction of sp³-hybridized carbons (Fsp3) is 0.562. The fourth-order valence-corrected chi connectivity index (χ4v) is 3.01. The van der Waals surface area contributed by atoms with Gasteiger partial charge < -0.3 is 15.2 Å². The molecule has 2 atom stereocenters. The van der Waals surface area contributed by atoms with E-state index in [0.717, 1.165) is 19.7 Å². The Hall–Kier alpha value is -1.60. The molecule has 0 unspecified atom stereocenters. The van der Waals surface area contributed by atoms with Crippen molar-refractivity contribution in [2.45, 2.75) is 44.6 Å². The van der Waals surface area contributed by atoms with E-state index < -0.39 is 12.1 Å². The maximum atomic E-state index is 10.6. The Morgan fingerprint density at radius 2 is 2.00 bits per heavy atom. The second-order valence-corrected chi connectivity index (χ2v) is 5.99. The standard InChI is InChI=1S/C14H19NO.C2HF3O2/c1-9(2)10-4-3-5-11-12-6-15-7-14(12)16-8-13(10)11;3-2(4,5)1(6)7/h3-5,9,12,14-15H,6-8H2,1-2H3;(H,6,7)/t12-,14+;/m0./s1. The van der Waals surface area contributed by atoms with Crippen LogP contribution in [0.1, 0.15) is 42.4 Å². The molecule has 2 aliphatic rings. The first-order valence-electron chi connectivity index (χ1n) is 7.46. The molecule has 1 aromatic rings. The zero-order valence-electron chi connectivity index (χ0n) is 13.0. The molecule has 1 fully saturated rings. The van der Waals surface area contributed by atoms with E-state index in [2.05, 4.69) is 37.4 Å². The summed E-state index contributed by atoms with van der Waals surface area (Å²) in [6.45, 7) is 7.39. The highest BCUT2D eigenvalue weighted by Gasteiger charge is 2.38. The van der Waals surface area contributed by atoms with Crippen molar-refractivity contribution >= 4 is 5.97 Å². The van der Waals surface area contributed by atoms with Gasteiger partial charge in [0.1, 0.15) is 0 Å². The van der Waals surface area contributed by atoms with Crippen molar-refractivity contribution in [1.29, 1.82) is 0 Å². The number of ether oxygens (including phenoxy) is 1. The molecule has 0 aliphatic carbocycles. The quantitative estimate of drug-likeness (QED) is 0.830. The molecule has 2 N–H and O–H groups in total. The Balaban J connectivity index is 0.000000236. The SMILES string of the molecule is CC(C)c1cccc2c1CO[C@@H]1CNC[C@@H]21.O=C(O)C(F)(F)F. The molecule has 23 heavy (non-hydrogen) atoms. The monoisotopic (exact) mass is 331 g/mol. The number of halogens is 3. The van der Waals surface area contributed by atoms with Crippen LogP contribution in [0.2, 0.25) is 0 Å². The van der Waals surface area contributed by atoms with Gasteiger partial charge in [-0.1, -0.05) is 32.0 Å². The summed E-state index contributed by atoms with van der Waals surface area (Å²) in [5.74, 6) is -1.60. The second-order valence-electron chi connectivity index (χ2n) is 5.99. The molecule has 4 nitrogen and oxygen atoms in total. The average molecular weight is 331 g/mol. The van der Waals surface area contributed by atoms with E-state index >= 15 is 0 Å². The maximum Gasteiger partial charge on any atom is 0.490 e. The molecule has 2 aliphatic heterocycles. The molecule has 7 heteroatoms. The lowest BCUT2D eigenvalue weighted by Crippen LogP contribution is -2.27. The lowest BCUT2D eigenvalue weighted by Gasteiger charge is -2.30. The van der Waals surface area contributed by atoms with Crippen molar-refractivity contribution in [2.24, 2.45) is 0 Å². The van der Waals surface area contributed by atoms with Gasteiger partial charge >= 0.3 is 12.1 Å². The van der Waals surface area contributed by atoms with Gasteiger partial charge in [0.25, 0.3) is 0 Å². The number of nitrogens with one attached hydrogen (secondary N) is 1. The summed E-state index contributed by atoms with van der Waals surface area (Å²) >= 11 is 0. The highest BCUT2D eigenvalue weighted by atomic mass is 19.4. The van der Waals surface area contributed by atoms with Crippen LogP contribution in [0.5, 0.6) is 0 Å². The van der Waals surface area contributed by atoms with E-state index in [4.69, 9.17) is 14.6 Å². The van der Waals surface area contributed by atoms with Crippen LogP contribution in [0.3, 0.4) is 0 Å². The third-order valence-electron chi connectivity index (χ3n) is 4.11. The number of fused-ring (bicyclic) bond motifs is 3. The van der Waals surface area contributed by atoms with E-state index in [1.165, 1.54) is 16.7 Å². The minimum atomic E-state index is -5.08. The van der Waals surface area contributed by atoms with Crippen LogP contribution < -0.4 is 5.32 Å². The zero-order chi connectivity index (χ0) is 17.2. The first-order chi connectivity index (χ1) is 10.7. The summed E-state index contributed by atoms with van der Waals surface area (Å²) in [5, 5.41) is 10.6. The van der Waals surface area contributed by atoms with Gasteiger partial charge in [-0.25, -0.2) is 4.79 Å². The minimum absolute atomic E-state index is 0.398. The topological polar surface area (TPSA) is 58.6 Å². The fourth-order valence-electron chi connectivity index (χ4n) is 3.01. The van der Waals surface area contributed by atoms with Crippen molar-refractivity contribution in [3.05, 3.63) is 34.9 Å². The van der Waals surface area contributed by atoms with Gasteiger partial charge in [0.2, 0.25) is 0 Å². The number of benzene rings is 1. The van der Waals surface area contributed by atoms with Crippen LogP contribution in [-0.2, 0) is 16.1 Å². The summed E-state index contributed by atoms with van der Waals surface area (Å²) < 4.78 is 37.7. The molecular formula is C16H20F3NO3. The molecule has 1 aromatic carbocycles. The summed E-state index contributed by atoms with van der Waals surface area (Å²) in [7, 11) is 0. The Kier molecular flexibility index (Phi) is 5.31. The molecule has 0 spiro atoms. The Morgan fingerprint density at radius 3 is 2.57 bits per heavy atom. The number of aliphatic carboxylic acids is 1. The van der Waals surface area contributed by atoms with Crippen LogP contribution >= 0.6 is 0 Å². The number of hydrogen-bond acceptors (Lipinski definition) is 3. The number of carboxylic acid groups (broad SMARTS) is 1. The van der Waals surface area contributed by atoms with Crippen molar-refractivity contribution in [3.63, 3.8) is 0 Å². The van der Waals surface area contributed by atoms with Gasteiger partial charge in [-0.2, -0.15) is 13.2 Å². The van der Waals surface area contributed by atoms with E-state index in [0.29, 0.717) is 17.9 Å². The zero-order valence-corrected chi connectivity index (χ0v) is 13.0. The van der Waals surface area contributed by atoms with Crippen molar-refractivity contribution in [1.82, 2.24) is 5.32 Å². The van der Waals surface area contributed by atoms with Crippen LogP contribution in [0.4, 0.5) is 13.2 Å². The first kappa shape index (κ1) is 17.7. The van der Waals surface area contributed by atoms with Gasteiger partial charge in [0, 0.05) is 19.0 Å². The lowest BCUT2D eigenvalue weighted by molar-refractivity contribution is -0.192. The van der Waals surface area contributed by atoms with Gasteiger partial charge in [-0.15, -0.1) is 0 Å². The number of hydrogen-bond donors (Lipinski definition) is 2. The number of carboxylic acids is 1. The van der Waals surface area contributed by atoms with Crippen LogP contribution in [0, 0.1) is 0 Å². The first-order valence-corrected chi connectivity index (χ1v) is 7.46. The molecule has 3 rings (SSSR count). The highest BCUT2D eigenvalue weighted by molar-refractivity contribution is 5.73. The average Bonchev–Trinajstić information content (AvgIpc) is 2.94. The molecule has 128 valence electrons. The van der Waals surface area contributed by atoms with Gasteiger partial charge in [0.05, 0.1) is 12.7 Å². The Bertz CT molecular complexity index is 572. The lowest BCUT2D eigenvalue weighted by atomic mass is 9.84. The third kappa shape index (κ3) is 4.03. The van der Waals surface area contributed by atoms with Crippen LogP contribution in [0.25, 0.3) is 0 Å².